The second-order valence-corrected chi connectivity index (χ2v) is 9.97. The molecule has 0 aliphatic carbocycles. The molecule has 10 heteroatoms. The molecule has 0 fully saturated rings. The average molecular weight is 507 g/mol. The van der Waals surface area contributed by atoms with Crippen molar-refractivity contribution in [3.05, 3.63) is 73.2 Å². The number of nitrogens with zero attached hydrogens (tertiary/aromatic N) is 5. The third kappa shape index (κ3) is 4.05. The van der Waals surface area contributed by atoms with Gasteiger partial charge < -0.3 is 10.3 Å². The summed E-state index contributed by atoms with van der Waals surface area (Å²) in [4.78, 5) is 33.1. The first-order valence-corrected chi connectivity index (χ1v) is 12.0. The van der Waals surface area contributed by atoms with Crippen molar-refractivity contribution in [2.24, 2.45) is 5.41 Å². The molecule has 0 aliphatic rings. The normalized spacial score (nSPS) is 11.8. The second kappa shape index (κ2) is 8.84. The van der Waals surface area contributed by atoms with Gasteiger partial charge in [-0.2, -0.15) is 5.10 Å². The zero-order chi connectivity index (χ0) is 26.4. The van der Waals surface area contributed by atoms with Crippen LogP contribution in [0.5, 0.6) is 0 Å². The van der Waals surface area contributed by atoms with Crippen molar-refractivity contribution in [1.82, 2.24) is 35.1 Å². The van der Waals surface area contributed by atoms with Gasteiger partial charge in [0.15, 0.2) is 11.5 Å². The number of carbonyl (C=O) groups is 1. The molecule has 5 aromatic heterocycles. The van der Waals surface area contributed by atoms with Gasteiger partial charge in [0, 0.05) is 52.5 Å². The number of benzene rings is 1. The molecule has 6 rings (SSSR count). The molecule has 0 spiro atoms. The Bertz CT molecular complexity index is 1820. The van der Waals surface area contributed by atoms with Crippen LogP contribution in [0, 0.1) is 11.2 Å². The number of hydrogen-bond acceptors (Lipinski definition) is 6. The zero-order valence-electron chi connectivity index (χ0n) is 20.9. The minimum Gasteiger partial charge on any atom is -0.335 e. The highest BCUT2D eigenvalue weighted by atomic mass is 19.1. The van der Waals surface area contributed by atoms with Crippen LogP contribution in [0.15, 0.2) is 67.4 Å². The topological polar surface area (TPSA) is 125 Å². The summed E-state index contributed by atoms with van der Waals surface area (Å²) in [6, 6.07) is 10.8. The fourth-order valence-electron chi connectivity index (χ4n) is 4.23. The lowest BCUT2D eigenvalue weighted by molar-refractivity contribution is -0.123. The Morgan fingerprint density at radius 3 is 2.61 bits per heavy atom. The van der Waals surface area contributed by atoms with Crippen molar-refractivity contribution in [2.45, 2.75) is 20.8 Å². The fourth-order valence-corrected chi connectivity index (χ4v) is 4.23. The molecule has 188 valence electrons. The number of nitrogens with one attached hydrogen (secondary N) is 3. The molecule has 0 atom stereocenters. The first-order chi connectivity index (χ1) is 18.3. The summed E-state index contributed by atoms with van der Waals surface area (Å²) in [5.74, 6) is -0.252. The number of pyridine rings is 3. The Hall–Kier alpha value is -4.99. The van der Waals surface area contributed by atoms with Gasteiger partial charge in [-0.05, 0) is 30.3 Å². The number of carbonyl (C=O) groups excluding carboxylic acids is 1. The van der Waals surface area contributed by atoms with Gasteiger partial charge in [0.2, 0.25) is 5.91 Å². The monoisotopic (exact) mass is 506 g/mol. The summed E-state index contributed by atoms with van der Waals surface area (Å²) in [6.07, 6.45) is 8.24. The first-order valence-electron chi connectivity index (χ1n) is 12.0. The fraction of sp³-hybridized carbons (Fsp3) is 0.143. The van der Waals surface area contributed by atoms with Crippen LogP contribution in [0.25, 0.3) is 55.8 Å². The molecule has 0 saturated heterocycles. The van der Waals surface area contributed by atoms with Gasteiger partial charge in [0.1, 0.15) is 11.5 Å². The van der Waals surface area contributed by atoms with E-state index >= 15 is 4.39 Å². The number of anilines is 1. The Balaban J connectivity index is 1.44. The van der Waals surface area contributed by atoms with Crippen LogP contribution in [0.2, 0.25) is 0 Å². The Morgan fingerprint density at radius 1 is 0.974 bits per heavy atom. The van der Waals surface area contributed by atoms with E-state index in [0.29, 0.717) is 45.0 Å². The molecule has 0 radical (unpaired) electrons. The molecular formula is C28H23FN8O. The van der Waals surface area contributed by atoms with E-state index in [1.54, 1.807) is 43.0 Å². The van der Waals surface area contributed by atoms with Crippen molar-refractivity contribution in [1.29, 1.82) is 0 Å². The number of amides is 1. The number of hydrogen-bond donors (Lipinski definition) is 3. The van der Waals surface area contributed by atoms with Gasteiger partial charge in [-0.25, -0.2) is 14.4 Å². The number of imidazole rings is 1. The van der Waals surface area contributed by atoms with Crippen molar-refractivity contribution in [3.63, 3.8) is 0 Å². The molecule has 1 aromatic carbocycles. The maximum absolute atomic E-state index is 16.1. The van der Waals surface area contributed by atoms with Crippen LogP contribution < -0.4 is 5.32 Å². The van der Waals surface area contributed by atoms with Crippen LogP contribution in [-0.2, 0) is 4.79 Å². The summed E-state index contributed by atoms with van der Waals surface area (Å²) in [6.45, 7) is 5.46. The third-order valence-corrected chi connectivity index (χ3v) is 6.24. The predicted octanol–water partition coefficient (Wildman–Crippen LogP) is 5.75. The van der Waals surface area contributed by atoms with E-state index in [2.05, 4.69) is 40.4 Å². The lowest BCUT2D eigenvalue weighted by atomic mass is 9.95. The number of fused-ring (bicyclic) bond motifs is 2. The Morgan fingerprint density at radius 2 is 1.82 bits per heavy atom. The average Bonchev–Trinajstić information content (AvgIpc) is 3.54. The van der Waals surface area contributed by atoms with Gasteiger partial charge in [0.05, 0.1) is 28.3 Å². The molecule has 9 nitrogen and oxygen atoms in total. The minimum atomic E-state index is -0.579. The first kappa shape index (κ1) is 23.4. The van der Waals surface area contributed by atoms with Gasteiger partial charge in [-0.1, -0.05) is 26.8 Å². The maximum atomic E-state index is 16.1. The Labute approximate surface area is 216 Å². The number of rotatable bonds is 4. The highest BCUT2D eigenvalue weighted by molar-refractivity contribution is 5.98. The molecule has 3 N–H and O–H groups in total. The van der Waals surface area contributed by atoms with Crippen LogP contribution in [-0.4, -0.2) is 41.0 Å². The number of halogens is 1. The van der Waals surface area contributed by atoms with Crippen molar-refractivity contribution < 1.29 is 9.18 Å². The van der Waals surface area contributed by atoms with E-state index in [9.17, 15) is 4.79 Å². The van der Waals surface area contributed by atoms with E-state index in [1.165, 1.54) is 6.20 Å². The Kier molecular flexibility index (Phi) is 5.45. The van der Waals surface area contributed by atoms with E-state index in [4.69, 9.17) is 0 Å². The molecule has 0 unspecified atom stereocenters. The molecule has 38 heavy (non-hydrogen) atoms. The number of aromatic amines is 2. The quantitative estimate of drug-likeness (QED) is 0.280. The predicted molar refractivity (Wildman–Crippen MR) is 143 cm³/mol. The van der Waals surface area contributed by atoms with Crippen molar-refractivity contribution in [3.8, 4) is 33.8 Å². The zero-order valence-corrected chi connectivity index (χ0v) is 20.9. The molecule has 0 aliphatic heterocycles. The minimum absolute atomic E-state index is 0.159. The van der Waals surface area contributed by atoms with E-state index in [-0.39, 0.29) is 11.3 Å². The maximum Gasteiger partial charge on any atom is 0.229 e. The van der Waals surface area contributed by atoms with Gasteiger partial charge in [-0.15, -0.1) is 0 Å². The summed E-state index contributed by atoms with van der Waals surface area (Å²) in [5, 5.41) is 10.4. The highest BCUT2D eigenvalue weighted by Crippen LogP contribution is 2.35. The van der Waals surface area contributed by atoms with Crippen LogP contribution >= 0.6 is 0 Å². The molecule has 1 amide bonds. The largest absolute Gasteiger partial charge is 0.335 e. The van der Waals surface area contributed by atoms with Crippen molar-refractivity contribution in [2.75, 3.05) is 5.32 Å². The second-order valence-electron chi connectivity index (χ2n) is 9.97. The van der Waals surface area contributed by atoms with E-state index in [1.807, 2.05) is 39.0 Å². The van der Waals surface area contributed by atoms with Gasteiger partial charge in [0.25, 0.3) is 0 Å². The summed E-state index contributed by atoms with van der Waals surface area (Å²) >= 11 is 0. The molecule has 0 bridgehead atoms. The van der Waals surface area contributed by atoms with Crippen LogP contribution in [0.3, 0.4) is 0 Å². The standard InChI is InChI=1S/C28H23FN8O/c1-28(2,3)27(38)33-17-11-16(13-31-14-17)18-6-7-20-21(22(18)29)24(37-36-20)26-34-23-19(8-10-32-25(23)35-26)15-5-4-9-30-12-15/h4-14H,1-3H3,(H,33,38)(H,36,37)(H,32,34,35). The SMILES string of the molecule is CC(C)(C)C(=O)Nc1cncc(-c2ccc3[nH]nc(-c4nc5nccc(-c6cccnc6)c5[nH]4)c3c2F)c1. The summed E-state index contributed by atoms with van der Waals surface area (Å²) in [5.41, 5.74) is 4.58. The molecule has 0 saturated carbocycles. The van der Waals surface area contributed by atoms with Crippen LogP contribution in [0.4, 0.5) is 10.1 Å². The smallest absolute Gasteiger partial charge is 0.229 e. The van der Waals surface area contributed by atoms with Crippen LogP contribution in [0.1, 0.15) is 20.8 Å². The molecular weight excluding hydrogens is 483 g/mol. The van der Waals surface area contributed by atoms with E-state index in [0.717, 1.165) is 11.1 Å². The number of aromatic nitrogens is 7. The highest BCUT2D eigenvalue weighted by Gasteiger charge is 2.23. The summed E-state index contributed by atoms with van der Waals surface area (Å²) < 4.78 is 16.1. The van der Waals surface area contributed by atoms with E-state index < -0.39 is 11.2 Å². The lowest BCUT2D eigenvalue weighted by Crippen LogP contribution is -2.27. The molecule has 5 heterocycles. The number of H-pyrrole nitrogens is 2. The lowest BCUT2D eigenvalue weighted by Gasteiger charge is -2.17. The molecule has 6 aromatic rings. The van der Waals surface area contributed by atoms with Crippen molar-refractivity contribution >= 4 is 33.7 Å². The summed E-state index contributed by atoms with van der Waals surface area (Å²) in [7, 11) is 0. The van der Waals surface area contributed by atoms with Gasteiger partial charge in [-0.3, -0.25) is 19.9 Å². The third-order valence-electron chi connectivity index (χ3n) is 6.24. The van der Waals surface area contributed by atoms with Gasteiger partial charge >= 0.3 is 0 Å².